The Hall–Kier alpha value is -2.72. The number of rotatable bonds is 2. The van der Waals surface area contributed by atoms with Crippen LogP contribution in [-0.2, 0) is 6.42 Å². The molecule has 1 N–H and O–H groups in total. The van der Waals surface area contributed by atoms with Gasteiger partial charge in [-0.3, -0.25) is 0 Å². The number of hydrogen-bond acceptors (Lipinski definition) is 3. The topological polar surface area (TPSA) is 41.6 Å². The van der Waals surface area contributed by atoms with Crippen LogP contribution < -0.4 is 0 Å². The van der Waals surface area contributed by atoms with E-state index in [1.54, 1.807) is 11.3 Å². The fourth-order valence-electron chi connectivity index (χ4n) is 3.26. The zero-order valence-electron chi connectivity index (χ0n) is 13.2. The highest BCUT2D eigenvalue weighted by atomic mass is 32.1. The average Bonchev–Trinajstić information content (AvgIpc) is 3.16. The van der Waals surface area contributed by atoms with Crippen molar-refractivity contribution in [1.82, 2.24) is 15.0 Å². The highest BCUT2D eigenvalue weighted by Crippen LogP contribution is 2.31. The van der Waals surface area contributed by atoms with Crippen LogP contribution in [0.2, 0.25) is 0 Å². The SMILES string of the molecule is Cc1nc2ccc3ccc(Cc4nc5ccccc5[nH]4)cc3c2s1. The van der Waals surface area contributed by atoms with E-state index in [9.17, 15) is 0 Å². The molecule has 0 amide bonds. The number of aromatic nitrogens is 3. The minimum atomic E-state index is 0.804. The summed E-state index contributed by atoms with van der Waals surface area (Å²) >= 11 is 1.77. The molecular weight excluding hydrogens is 314 g/mol. The maximum absolute atomic E-state index is 4.69. The molecule has 116 valence electrons. The van der Waals surface area contributed by atoms with Crippen LogP contribution in [0.3, 0.4) is 0 Å². The summed E-state index contributed by atoms with van der Waals surface area (Å²) in [4.78, 5) is 12.7. The number of nitrogens with zero attached hydrogens (tertiary/aromatic N) is 2. The highest BCUT2D eigenvalue weighted by molar-refractivity contribution is 7.19. The van der Waals surface area contributed by atoms with Gasteiger partial charge in [0, 0.05) is 11.8 Å². The molecule has 24 heavy (non-hydrogen) atoms. The quantitative estimate of drug-likeness (QED) is 0.482. The molecule has 0 aliphatic heterocycles. The first-order chi connectivity index (χ1) is 11.8. The van der Waals surface area contributed by atoms with Gasteiger partial charge in [0.25, 0.3) is 0 Å². The summed E-state index contributed by atoms with van der Waals surface area (Å²) in [6.07, 6.45) is 0.804. The van der Waals surface area contributed by atoms with E-state index in [0.29, 0.717) is 0 Å². The van der Waals surface area contributed by atoms with Crippen LogP contribution in [0.4, 0.5) is 0 Å². The van der Waals surface area contributed by atoms with E-state index < -0.39 is 0 Å². The Labute approximate surface area is 143 Å². The lowest BCUT2D eigenvalue weighted by molar-refractivity contribution is 1.04. The molecule has 3 aromatic carbocycles. The number of benzene rings is 3. The van der Waals surface area contributed by atoms with Crippen molar-refractivity contribution in [3.05, 3.63) is 71.0 Å². The van der Waals surface area contributed by atoms with E-state index in [0.717, 1.165) is 33.8 Å². The second kappa shape index (κ2) is 5.14. The molecule has 0 saturated heterocycles. The molecule has 0 bridgehead atoms. The number of fused-ring (bicyclic) bond motifs is 4. The first-order valence-corrected chi connectivity index (χ1v) is 8.80. The van der Waals surface area contributed by atoms with Gasteiger partial charge in [0.15, 0.2) is 0 Å². The lowest BCUT2D eigenvalue weighted by Gasteiger charge is -2.03. The summed E-state index contributed by atoms with van der Waals surface area (Å²) in [6.45, 7) is 2.06. The third kappa shape index (κ3) is 2.19. The number of thiazole rings is 1. The molecule has 2 heterocycles. The van der Waals surface area contributed by atoms with Crippen LogP contribution >= 0.6 is 11.3 Å². The van der Waals surface area contributed by atoms with Gasteiger partial charge < -0.3 is 4.98 Å². The zero-order chi connectivity index (χ0) is 16.1. The van der Waals surface area contributed by atoms with E-state index in [-0.39, 0.29) is 0 Å². The number of nitrogens with one attached hydrogen (secondary N) is 1. The van der Waals surface area contributed by atoms with E-state index in [1.165, 1.54) is 21.0 Å². The van der Waals surface area contributed by atoms with Gasteiger partial charge in [-0.05, 0) is 42.1 Å². The number of aryl methyl sites for hydroxylation is 1. The van der Waals surface area contributed by atoms with E-state index in [4.69, 9.17) is 0 Å². The van der Waals surface area contributed by atoms with Gasteiger partial charge in [-0.2, -0.15) is 0 Å². The second-order valence-corrected chi connectivity index (χ2v) is 7.28. The molecule has 0 fully saturated rings. The summed E-state index contributed by atoms with van der Waals surface area (Å²) in [7, 11) is 0. The van der Waals surface area contributed by atoms with Crippen LogP contribution in [0, 0.1) is 6.92 Å². The van der Waals surface area contributed by atoms with Crippen LogP contribution in [-0.4, -0.2) is 15.0 Å². The largest absolute Gasteiger partial charge is 0.342 e. The summed E-state index contributed by atoms with van der Waals surface area (Å²) in [6, 6.07) is 19.1. The summed E-state index contributed by atoms with van der Waals surface area (Å²) in [5, 5.41) is 3.66. The van der Waals surface area contributed by atoms with Crippen LogP contribution in [0.1, 0.15) is 16.4 Å². The Morgan fingerprint density at radius 1 is 0.958 bits per heavy atom. The van der Waals surface area contributed by atoms with Gasteiger partial charge >= 0.3 is 0 Å². The standard InChI is InChI=1S/C20H15N3S/c1-12-21-18-9-8-14-7-6-13(10-15(14)20(18)24-12)11-19-22-16-4-2-3-5-17(16)23-19/h2-10H,11H2,1H3,(H,22,23). The molecule has 5 rings (SSSR count). The van der Waals surface area contributed by atoms with Gasteiger partial charge in [0.05, 0.1) is 26.3 Å². The van der Waals surface area contributed by atoms with E-state index in [2.05, 4.69) is 58.3 Å². The first-order valence-electron chi connectivity index (χ1n) is 7.99. The molecule has 5 aromatic rings. The Kier molecular flexibility index (Phi) is 2.94. The summed E-state index contributed by atoms with van der Waals surface area (Å²) < 4.78 is 1.27. The number of aromatic amines is 1. The summed E-state index contributed by atoms with van der Waals surface area (Å²) in [5.41, 5.74) is 4.47. The van der Waals surface area contributed by atoms with E-state index >= 15 is 0 Å². The molecule has 0 spiro atoms. The van der Waals surface area contributed by atoms with Crippen molar-refractivity contribution >= 4 is 43.4 Å². The Morgan fingerprint density at radius 2 is 1.83 bits per heavy atom. The maximum atomic E-state index is 4.69. The lowest BCUT2D eigenvalue weighted by Crippen LogP contribution is -1.90. The number of imidazole rings is 1. The highest BCUT2D eigenvalue weighted by Gasteiger charge is 2.08. The normalized spacial score (nSPS) is 11.7. The van der Waals surface area contributed by atoms with E-state index in [1.807, 2.05) is 18.2 Å². The Morgan fingerprint density at radius 3 is 2.75 bits per heavy atom. The van der Waals surface area contributed by atoms with Crippen molar-refractivity contribution in [2.45, 2.75) is 13.3 Å². The Balaban J connectivity index is 1.62. The molecule has 0 radical (unpaired) electrons. The van der Waals surface area contributed by atoms with Crippen molar-refractivity contribution in [3.63, 3.8) is 0 Å². The second-order valence-electron chi connectivity index (χ2n) is 6.08. The molecule has 0 aliphatic rings. The van der Waals surface area contributed by atoms with Crippen molar-refractivity contribution in [3.8, 4) is 0 Å². The summed E-state index contributed by atoms with van der Waals surface area (Å²) in [5.74, 6) is 1.00. The molecule has 3 nitrogen and oxygen atoms in total. The Bertz CT molecular complexity index is 1170. The van der Waals surface area contributed by atoms with Gasteiger partial charge in [0.1, 0.15) is 5.82 Å². The third-order valence-corrected chi connectivity index (χ3v) is 5.37. The maximum Gasteiger partial charge on any atom is 0.111 e. The molecule has 0 aliphatic carbocycles. The molecule has 4 heteroatoms. The predicted molar refractivity (Wildman–Crippen MR) is 101 cm³/mol. The fourth-order valence-corrected chi connectivity index (χ4v) is 4.20. The zero-order valence-corrected chi connectivity index (χ0v) is 14.0. The molecule has 0 saturated carbocycles. The third-order valence-electron chi connectivity index (χ3n) is 4.35. The van der Waals surface area contributed by atoms with Crippen molar-refractivity contribution in [1.29, 1.82) is 0 Å². The lowest BCUT2D eigenvalue weighted by atomic mass is 10.0. The van der Waals surface area contributed by atoms with Crippen LogP contribution in [0.15, 0.2) is 54.6 Å². The number of H-pyrrole nitrogens is 1. The smallest absolute Gasteiger partial charge is 0.111 e. The van der Waals surface area contributed by atoms with Crippen molar-refractivity contribution in [2.24, 2.45) is 0 Å². The van der Waals surface area contributed by atoms with Gasteiger partial charge in [-0.1, -0.05) is 30.3 Å². The molecule has 2 aromatic heterocycles. The predicted octanol–water partition coefficient (Wildman–Crippen LogP) is 5.23. The monoisotopic (exact) mass is 329 g/mol. The van der Waals surface area contributed by atoms with Crippen molar-refractivity contribution < 1.29 is 0 Å². The van der Waals surface area contributed by atoms with Crippen molar-refractivity contribution in [2.75, 3.05) is 0 Å². The minimum absolute atomic E-state index is 0.804. The van der Waals surface area contributed by atoms with Crippen LogP contribution in [0.5, 0.6) is 0 Å². The number of para-hydroxylation sites is 2. The minimum Gasteiger partial charge on any atom is -0.342 e. The average molecular weight is 329 g/mol. The van der Waals surface area contributed by atoms with Gasteiger partial charge in [-0.15, -0.1) is 11.3 Å². The van der Waals surface area contributed by atoms with Gasteiger partial charge in [-0.25, -0.2) is 9.97 Å². The fraction of sp³-hybridized carbons (Fsp3) is 0.100. The van der Waals surface area contributed by atoms with Crippen LogP contribution in [0.25, 0.3) is 32.0 Å². The number of hydrogen-bond donors (Lipinski definition) is 1. The molecular formula is C20H15N3S. The molecule has 0 atom stereocenters. The first kappa shape index (κ1) is 13.7. The molecule has 0 unspecified atom stereocenters. The van der Waals surface area contributed by atoms with Gasteiger partial charge in [0.2, 0.25) is 0 Å².